The van der Waals surface area contributed by atoms with Gasteiger partial charge in [0.15, 0.2) is 0 Å². The van der Waals surface area contributed by atoms with Gasteiger partial charge in [0.25, 0.3) is 0 Å². The maximum atomic E-state index is 13.2. The third-order valence-corrected chi connectivity index (χ3v) is 6.82. The van der Waals surface area contributed by atoms with Crippen LogP contribution in [-0.2, 0) is 26.6 Å². The molecule has 0 radical (unpaired) electrons. The van der Waals surface area contributed by atoms with Crippen molar-refractivity contribution in [2.75, 3.05) is 20.8 Å². The normalized spacial score (nSPS) is 19.5. The smallest absolute Gasteiger partial charge is 0.317 e. The van der Waals surface area contributed by atoms with Crippen molar-refractivity contribution in [3.05, 3.63) is 57.8 Å². The molecule has 11 heteroatoms. The number of alkyl halides is 1. The van der Waals surface area contributed by atoms with Crippen LogP contribution >= 0.6 is 23.2 Å². The Labute approximate surface area is 224 Å². The number of hydrogen-bond donors (Lipinski definition) is 1. The molecule has 0 bridgehead atoms. The SMILES string of the molecule is COc1nc(C2=CC(C)=C(Cl)CC2)c(C)c(C2=CC(CNC(=O)[C@@](C)(OC)[C-](F)F)=CC2Cl)n1.[Fe]. The van der Waals surface area contributed by atoms with Crippen LogP contribution in [0.2, 0.25) is 0 Å². The maximum Gasteiger partial charge on any atom is 0.317 e. The molecule has 1 aromatic rings. The summed E-state index contributed by atoms with van der Waals surface area (Å²) in [6, 6.07) is 0.200. The van der Waals surface area contributed by atoms with Crippen LogP contribution in [0.15, 0.2) is 34.4 Å². The molecule has 2 atom stereocenters. The summed E-state index contributed by atoms with van der Waals surface area (Å²) in [5, 5.41) is 2.77. The molecule has 1 heterocycles. The summed E-state index contributed by atoms with van der Waals surface area (Å²) < 4.78 is 36.4. The van der Waals surface area contributed by atoms with Crippen LogP contribution in [0.5, 0.6) is 6.01 Å². The quantitative estimate of drug-likeness (QED) is 0.259. The predicted octanol–water partition coefficient (Wildman–Crippen LogP) is 5.36. The molecule has 0 fully saturated rings. The second-order valence-corrected chi connectivity index (χ2v) is 9.14. The molecular weight excluding hydrogens is 543 g/mol. The number of nitrogens with one attached hydrogen (secondary N) is 1. The standard InChI is InChI=1S/C24H26Cl2F2N3O3.Fe/c1-12-8-15(6-7-17(12)25)19-13(2)20(31-23(30-19)33-4)16-9-14(10-18(16)26)11-29-22(32)24(3,34-5)21(27)28;/h8-10,18H,6-7,11H2,1-5H3,(H,29,32);/q-1;/t18?,24-;/m0./s1. The summed E-state index contributed by atoms with van der Waals surface area (Å²) in [7, 11) is 2.54. The van der Waals surface area contributed by atoms with E-state index in [1.165, 1.54) is 7.11 Å². The molecule has 6 nitrogen and oxygen atoms in total. The molecule has 0 spiro atoms. The first kappa shape index (κ1) is 29.5. The summed E-state index contributed by atoms with van der Waals surface area (Å²) in [6.07, 6.45) is 4.86. The van der Waals surface area contributed by atoms with E-state index in [1.807, 2.05) is 19.9 Å². The Bertz CT molecular complexity index is 1120. The van der Waals surface area contributed by atoms with Gasteiger partial charge in [-0.3, -0.25) is 4.79 Å². The van der Waals surface area contributed by atoms with Crippen molar-refractivity contribution in [1.29, 1.82) is 0 Å². The largest absolute Gasteiger partial charge is 0.467 e. The van der Waals surface area contributed by atoms with Crippen LogP contribution < -0.4 is 10.1 Å². The fraction of sp³-hybridized carbons (Fsp3) is 0.417. The van der Waals surface area contributed by atoms with Crippen LogP contribution in [-0.4, -0.2) is 47.6 Å². The number of methoxy groups -OCH3 is 2. The van der Waals surface area contributed by atoms with E-state index >= 15 is 0 Å². The number of nitrogens with zero attached hydrogens (tertiary/aromatic N) is 2. The minimum atomic E-state index is -2.32. The number of halogens is 4. The Morgan fingerprint density at radius 2 is 1.89 bits per heavy atom. The molecule has 1 unspecified atom stereocenters. The minimum Gasteiger partial charge on any atom is -0.467 e. The average molecular weight is 569 g/mol. The molecule has 0 saturated heterocycles. The zero-order chi connectivity index (χ0) is 25.2. The predicted molar refractivity (Wildman–Crippen MR) is 129 cm³/mol. The van der Waals surface area contributed by atoms with E-state index in [0.29, 0.717) is 16.8 Å². The molecule has 0 saturated carbocycles. The van der Waals surface area contributed by atoms with Crippen molar-refractivity contribution >= 4 is 40.3 Å². The van der Waals surface area contributed by atoms with E-state index in [9.17, 15) is 13.6 Å². The fourth-order valence-corrected chi connectivity index (χ4v) is 4.22. The van der Waals surface area contributed by atoms with Gasteiger partial charge in [0, 0.05) is 53.3 Å². The van der Waals surface area contributed by atoms with Gasteiger partial charge in [0.05, 0.1) is 29.5 Å². The maximum absolute atomic E-state index is 13.2. The van der Waals surface area contributed by atoms with E-state index in [4.69, 9.17) is 32.7 Å². The summed E-state index contributed by atoms with van der Waals surface area (Å²) >= 11 is 12.8. The average Bonchev–Trinajstić information content (AvgIpc) is 3.18. The van der Waals surface area contributed by atoms with Gasteiger partial charge in [-0.05, 0) is 43.4 Å². The van der Waals surface area contributed by atoms with E-state index in [-0.39, 0.29) is 29.6 Å². The van der Waals surface area contributed by atoms with E-state index in [1.54, 1.807) is 12.2 Å². The number of rotatable bonds is 8. The van der Waals surface area contributed by atoms with Gasteiger partial charge in [-0.15, -0.1) is 11.6 Å². The number of ether oxygens (including phenoxy) is 2. The summed E-state index contributed by atoms with van der Waals surface area (Å²) in [4.78, 5) is 21.3. The Kier molecular flexibility index (Phi) is 10.1. The van der Waals surface area contributed by atoms with E-state index in [2.05, 4.69) is 15.3 Å². The van der Waals surface area contributed by atoms with Crippen molar-refractivity contribution in [1.82, 2.24) is 15.3 Å². The van der Waals surface area contributed by atoms with Crippen molar-refractivity contribution < 1.29 is 40.1 Å². The molecule has 192 valence electrons. The van der Waals surface area contributed by atoms with Crippen molar-refractivity contribution in [2.45, 2.75) is 44.6 Å². The molecule has 1 amide bonds. The molecule has 0 aliphatic heterocycles. The number of hydrogen-bond acceptors (Lipinski definition) is 5. The van der Waals surface area contributed by atoms with Crippen LogP contribution in [0.3, 0.4) is 0 Å². The second-order valence-electron chi connectivity index (χ2n) is 8.21. The second kappa shape index (κ2) is 12.0. The number of amides is 1. The number of carbonyl (C=O) groups excluding carboxylic acids is 1. The first-order chi connectivity index (χ1) is 16.0. The van der Waals surface area contributed by atoms with Gasteiger partial charge in [0.1, 0.15) is 0 Å². The van der Waals surface area contributed by atoms with Gasteiger partial charge in [-0.1, -0.05) is 36.8 Å². The van der Waals surface area contributed by atoms with Gasteiger partial charge < -0.3 is 23.6 Å². The molecule has 0 aromatic carbocycles. The summed E-state index contributed by atoms with van der Waals surface area (Å²) in [5.41, 5.74) is 3.24. The molecule has 35 heavy (non-hydrogen) atoms. The topological polar surface area (TPSA) is 73.3 Å². The third kappa shape index (κ3) is 6.15. The minimum absolute atomic E-state index is 0. The van der Waals surface area contributed by atoms with Crippen molar-refractivity contribution in [3.63, 3.8) is 0 Å². The van der Waals surface area contributed by atoms with Gasteiger partial charge in [0.2, 0.25) is 5.91 Å². The Morgan fingerprint density at radius 3 is 2.46 bits per heavy atom. The summed E-state index contributed by atoms with van der Waals surface area (Å²) in [5.74, 6) is -0.947. The van der Waals surface area contributed by atoms with Crippen LogP contribution in [0, 0.1) is 13.3 Å². The summed E-state index contributed by atoms with van der Waals surface area (Å²) in [6.45, 7) is 4.87. The van der Waals surface area contributed by atoms with Gasteiger partial charge in [-0.25, -0.2) is 0 Å². The Hall–Kier alpha value is -1.77. The number of carbonyl (C=O) groups is 1. The third-order valence-electron chi connectivity index (χ3n) is 5.97. The molecule has 2 aliphatic carbocycles. The van der Waals surface area contributed by atoms with Crippen LogP contribution in [0.4, 0.5) is 8.78 Å². The zero-order valence-corrected chi connectivity index (χ0v) is 22.5. The number of allylic oxidation sites excluding steroid dienone is 6. The zero-order valence-electron chi connectivity index (χ0n) is 19.9. The first-order valence-corrected chi connectivity index (χ1v) is 11.4. The molecule has 3 rings (SSSR count). The fourth-order valence-electron chi connectivity index (χ4n) is 3.74. The van der Waals surface area contributed by atoms with Gasteiger partial charge in [-0.2, -0.15) is 9.97 Å². The van der Waals surface area contributed by atoms with Crippen LogP contribution in [0.1, 0.15) is 43.6 Å². The van der Waals surface area contributed by atoms with E-state index < -0.39 is 23.3 Å². The molecule has 1 aromatic heterocycles. The Morgan fingerprint density at radius 1 is 1.23 bits per heavy atom. The monoisotopic (exact) mass is 568 g/mol. The number of aromatic nitrogens is 2. The van der Waals surface area contributed by atoms with Gasteiger partial charge >= 0.3 is 6.01 Å². The molecule has 2 aliphatic rings. The first-order valence-electron chi connectivity index (χ1n) is 10.6. The van der Waals surface area contributed by atoms with Crippen molar-refractivity contribution in [2.24, 2.45) is 0 Å². The molecular formula is C24H26Cl2F2FeN3O3-. The van der Waals surface area contributed by atoms with Crippen LogP contribution in [0.25, 0.3) is 11.1 Å². The van der Waals surface area contributed by atoms with Crippen molar-refractivity contribution in [3.8, 4) is 6.01 Å². The molecule has 1 N–H and O–H groups in total. The van der Waals surface area contributed by atoms with E-state index in [0.717, 1.165) is 54.3 Å². The Balaban J connectivity index is 0.00000432.